The van der Waals surface area contributed by atoms with Gasteiger partial charge in [0, 0.05) is 26.2 Å². The van der Waals surface area contributed by atoms with Crippen molar-refractivity contribution >= 4 is 0 Å². The van der Waals surface area contributed by atoms with Gasteiger partial charge >= 0.3 is 0 Å². The third-order valence-corrected chi connectivity index (χ3v) is 1.81. The molecule has 0 unspecified atom stereocenters. The molecule has 80 valence electrons. The first-order chi connectivity index (χ1) is 6.41. The van der Waals surface area contributed by atoms with Crippen LogP contribution < -0.4 is 16.0 Å². The SMILES string of the molecule is C1CNCCN1.CCCNCCC. The van der Waals surface area contributed by atoms with Gasteiger partial charge in [-0.25, -0.2) is 0 Å². The van der Waals surface area contributed by atoms with Gasteiger partial charge in [0.2, 0.25) is 0 Å². The van der Waals surface area contributed by atoms with Gasteiger partial charge in [-0.2, -0.15) is 0 Å². The summed E-state index contributed by atoms with van der Waals surface area (Å²) in [4.78, 5) is 0. The quantitative estimate of drug-likeness (QED) is 0.563. The van der Waals surface area contributed by atoms with Crippen molar-refractivity contribution in [1.82, 2.24) is 16.0 Å². The molecule has 0 aromatic heterocycles. The minimum Gasteiger partial charge on any atom is -0.317 e. The second-order valence-corrected chi connectivity index (χ2v) is 3.25. The van der Waals surface area contributed by atoms with Crippen LogP contribution in [-0.2, 0) is 0 Å². The molecule has 1 rings (SSSR count). The molecule has 3 nitrogen and oxygen atoms in total. The van der Waals surface area contributed by atoms with Gasteiger partial charge in [-0.05, 0) is 25.9 Å². The summed E-state index contributed by atoms with van der Waals surface area (Å²) in [5.41, 5.74) is 0. The molecule has 0 saturated carbocycles. The fraction of sp³-hybridized carbons (Fsp3) is 1.00. The maximum atomic E-state index is 3.28. The van der Waals surface area contributed by atoms with Crippen molar-refractivity contribution in [3.63, 3.8) is 0 Å². The van der Waals surface area contributed by atoms with Gasteiger partial charge in [0.1, 0.15) is 0 Å². The molecule has 0 radical (unpaired) electrons. The second-order valence-electron chi connectivity index (χ2n) is 3.25. The van der Waals surface area contributed by atoms with Gasteiger partial charge in [-0.1, -0.05) is 13.8 Å². The van der Waals surface area contributed by atoms with Gasteiger partial charge < -0.3 is 16.0 Å². The van der Waals surface area contributed by atoms with Crippen LogP contribution in [0.15, 0.2) is 0 Å². The van der Waals surface area contributed by atoms with Crippen molar-refractivity contribution < 1.29 is 0 Å². The number of nitrogens with one attached hydrogen (secondary N) is 3. The van der Waals surface area contributed by atoms with E-state index in [4.69, 9.17) is 0 Å². The zero-order chi connectivity index (χ0) is 9.78. The molecule has 3 heteroatoms. The third-order valence-electron chi connectivity index (χ3n) is 1.81. The Bertz CT molecular complexity index is 66.7. The molecular weight excluding hydrogens is 162 g/mol. The summed E-state index contributed by atoms with van der Waals surface area (Å²) in [5, 5.41) is 9.73. The molecular formula is C10H25N3. The average Bonchev–Trinajstić information content (AvgIpc) is 2.22. The molecule has 0 aliphatic carbocycles. The van der Waals surface area contributed by atoms with Crippen LogP contribution in [0.25, 0.3) is 0 Å². The van der Waals surface area contributed by atoms with Crippen LogP contribution in [0.4, 0.5) is 0 Å². The Kier molecular flexibility index (Phi) is 11.8. The highest BCUT2D eigenvalue weighted by Crippen LogP contribution is 1.71. The van der Waals surface area contributed by atoms with Gasteiger partial charge in [0.25, 0.3) is 0 Å². The van der Waals surface area contributed by atoms with Gasteiger partial charge in [0.05, 0.1) is 0 Å². The Labute approximate surface area is 82.7 Å². The van der Waals surface area contributed by atoms with Gasteiger partial charge in [-0.15, -0.1) is 0 Å². The summed E-state index contributed by atoms with van der Waals surface area (Å²) in [6.07, 6.45) is 2.50. The van der Waals surface area contributed by atoms with Crippen LogP contribution >= 0.6 is 0 Å². The zero-order valence-electron chi connectivity index (χ0n) is 9.16. The summed E-state index contributed by atoms with van der Waals surface area (Å²) in [5.74, 6) is 0. The fourth-order valence-electron chi connectivity index (χ4n) is 1.08. The number of rotatable bonds is 4. The van der Waals surface area contributed by atoms with Crippen LogP contribution in [0.2, 0.25) is 0 Å². The molecule has 0 aromatic rings. The van der Waals surface area contributed by atoms with E-state index in [2.05, 4.69) is 29.8 Å². The molecule has 3 N–H and O–H groups in total. The molecule has 1 heterocycles. The summed E-state index contributed by atoms with van der Waals surface area (Å²) in [6.45, 7) is 11.3. The highest BCUT2D eigenvalue weighted by molar-refractivity contribution is 4.59. The highest BCUT2D eigenvalue weighted by Gasteiger charge is 1.91. The summed E-state index contributed by atoms with van der Waals surface area (Å²) < 4.78 is 0. The zero-order valence-corrected chi connectivity index (χ0v) is 9.16. The molecule has 13 heavy (non-hydrogen) atoms. The molecule has 1 aliphatic heterocycles. The van der Waals surface area contributed by atoms with E-state index in [0.717, 1.165) is 26.2 Å². The Morgan fingerprint density at radius 1 is 0.846 bits per heavy atom. The summed E-state index contributed by atoms with van der Waals surface area (Å²) in [6, 6.07) is 0. The lowest BCUT2D eigenvalue weighted by molar-refractivity contribution is 0.534. The molecule has 0 spiro atoms. The van der Waals surface area contributed by atoms with Crippen molar-refractivity contribution in [1.29, 1.82) is 0 Å². The number of piperazine rings is 1. The lowest BCUT2D eigenvalue weighted by Gasteiger charge is -2.11. The van der Waals surface area contributed by atoms with Crippen molar-refractivity contribution in [2.75, 3.05) is 39.3 Å². The van der Waals surface area contributed by atoms with E-state index >= 15 is 0 Å². The van der Waals surface area contributed by atoms with Crippen molar-refractivity contribution in [2.24, 2.45) is 0 Å². The maximum absolute atomic E-state index is 3.28. The van der Waals surface area contributed by atoms with E-state index in [0.29, 0.717) is 0 Å². The highest BCUT2D eigenvalue weighted by atomic mass is 15.0. The molecule has 0 amide bonds. The largest absolute Gasteiger partial charge is 0.317 e. The Hall–Kier alpha value is -0.120. The smallest absolute Gasteiger partial charge is 0.00772 e. The van der Waals surface area contributed by atoms with E-state index in [1.807, 2.05) is 0 Å². The van der Waals surface area contributed by atoms with Crippen LogP contribution in [-0.4, -0.2) is 39.3 Å². The second kappa shape index (κ2) is 11.9. The van der Waals surface area contributed by atoms with E-state index in [9.17, 15) is 0 Å². The van der Waals surface area contributed by atoms with Crippen LogP contribution in [0.1, 0.15) is 26.7 Å². The molecule has 0 aromatic carbocycles. The molecule has 0 bridgehead atoms. The first kappa shape index (κ1) is 12.9. The maximum Gasteiger partial charge on any atom is 0.00772 e. The molecule has 0 atom stereocenters. The van der Waals surface area contributed by atoms with Gasteiger partial charge in [-0.3, -0.25) is 0 Å². The van der Waals surface area contributed by atoms with Crippen molar-refractivity contribution in [3.8, 4) is 0 Å². The summed E-state index contributed by atoms with van der Waals surface area (Å²) >= 11 is 0. The average molecular weight is 187 g/mol. The Balaban J connectivity index is 0.000000223. The first-order valence-corrected chi connectivity index (χ1v) is 5.54. The standard InChI is InChI=1S/C6H15N.C4H10N2/c1-3-5-7-6-4-2;1-2-6-4-3-5-1/h7H,3-6H2,1-2H3;5-6H,1-4H2. The lowest BCUT2D eigenvalue weighted by atomic mass is 10.4. The topological polar surface area (TPSA) is 36.1 Å². The van der Waals surface area contributed by atoms with E-state index < -0.39 is 0 Å². The fourth-order valence-corrected chi connectivity index (χ4v) is 1.08. The predicted octanol–water partition coefficient (Wildman–Crippen LogP) is 0.575. The van der Waals surface area contributed by atoms with Crippen LogP contribution in [0.5, 0.6) is 0 Å². The number of hydrogen-bond acceptors (Lipinski definition) is 3. The van der Waals surface area contributed by atoms with Crippen molar-refractivity contribution in [3.05, 3.63) is 0 Å². The van der Waals surface area contributed by atoms with Crippen molar-refractivity contribution in [2.45, 2.75) is 26.7 Å². The molecule has 1 aliphatic rings. The predicted molar refractivity (Wildman–Crippen MR) is 59.2 cm³/mol. The Morgan fingerprint density at radius 3 is 1.46 bits per heavy atom. The summed E-state index contributed by atoms with van der Waals surface area (Å²) in [7, 11) is 0. The molecule has 1 saturated heterocycles. The van der Waals surface area contributed by atoms with Gasteiger partial charge in [0.15, 0.2) is 0 Å². The van der Waals surface area contributed by atoms with Crippen LogP contribution in [0.3, 0.4) is 0 Å². The van der Waals surface area contributed by atoms with E-state index in [1.54, 1.807) is 0 Å². The lowest BCUT2D eigenvalue weighted by Crippen LogP contribution is -2.39. The normalized spacial score (nSPS) is 16.2. The number of hydrogen-bond donors (Lipinski definition) is 3. The van der Waals surface area contributed by atoms with E-state index in [1.165, 1.54) is 25.9 Å². The first-order valence-electron chi connectivity index (χ1n) is 5.54. The molecule has 1 fully saturated rings. The third kappa shape index (κ3) is 11.9. The van der Waals surface area contributed by atoms with E-state index in [-0.39, 0.29) is 0 Å². The Morgan fingerprint density at radius 2 is 1.23 bits per heavy atom. The minimum absolute atomic E-state index is 1.14. The van der Waals surface area contributed by atoms with Crippen LogP contribution in [0, 0.1) is 0 Å². The minimum atomic E-state index is 1.14. The monoisotopic (exact) mass is 187 g/mol.